The first-order valence-electron chi connectivity index (χ1n) is 9.27. The maximum atomic E-state index is 12.5. The lowest BCUT2D eigenvalue weighted by Crippen LogP contribution is -2.38. The van der Waals surface area contributed by atoms with Gasteiger partial charge in [0.25, 0.3) is 5.69 Å². The lowest BCUT2D eigenvalue weighted by atomic mass is 9.97. The monoisotopic (exact) mass is 432 g/mol. The van der Waals surface area contributed by atoms with Crippen LogP contribution in [0, 0.1) is 16.0 Å². The molecule has 1 aromatic heterocycles. The summed E-state index contributed by atoms with van der Waals surface area (Å²) >= 11 is 1.67. The molecule has 10 heteroatoms. The highest BCUT2D eigenvalue weighted by Crippen LogP contribution is 2.31. The topological polar surface area (TPSA) is 105 Å². The minimum absolute atomic E-state index is 0.0846. The Hall–Kier alpha value is -2.56. The smallest absolute Gasteiger partial charge is 0.270 e. The van der Waals surface area contributed by atoms with Gasteiger partial charge in [-0.15, -0.1) is 0 Å². The van der Waals surface area contributed by atoms with E-state index in [9.17, 15) is 18.5 Å². The fourth-order valence-electron chi connectivity index (χ4n) is 3.40. The molecule has 29 heavy (non-hydrogen) atoms. The summed E-state index contributed by atoms with van der Waals surface area (Å²) in [5.41, 5.74) is 0.761. The number of nitrogens with zero attached hydrogens (tertiary/aromatic N) is 3. The lowest BCUT2D eigenvalue weighted by Gasteiger charge is -2.31. The van der Waals surface area contributed by atoms with Gasteiger partial charge in [-0.05, 0) is 37.0 Å². The molecule has 4 rings (SSSR count). The van der Waals surface area contributed by atoms with E-state index >= 15 is 0 Å². The van der Waals surface area contributed by atoms with Crippen molar-refractivity contribution in [2.75, 3.05) is 24.5 Å². The van der Waals surface area contributed by atoms with Crippen molar-refractivity contribution >= 4 is 42.4 Å². The van der Waals surface area contributed by atoms with E-state index in [1.54, 1.807) is 11.3 Å². The van der Waals surface area contributed by atoms with Crippen molar-refractivity contribution in [3.05, 3.63) is 58.6 Å². The number of non-ortho nitro benzene ring substituents is 1. The van der Waals surface area contributed by atoms with Crippen molar-refractivity contribution in [3.63, 3.8) is 0 Å². The molecule has 0 unspecified atom stereocenters. The molecule has 1 fully saturated rings. The predicted octanol–water partition coefficient (Wildman–Crippen LogP) is 3.40. The summed E-state index contributed by atoms with van der Waals surface area (Å²) in [6.45, 7) is 1.96. The summed E-state index contributed by atoms with van der Waals surface area (Å²) in [5, 5.41) is 11.9. The third-order valence-corrected chi connectivity index (χ3v) is 7.59. The Labute approximate surface area is 172 Å². The summed E-state index contributed by atoms with van der Waals surface area (Å²) in [5.74, 6) is 0.217. The zero-order valence-electron chi connectivity index (χ0n) is 15.5. The summed E-state index contributed by atoms with van der Waals surface area (Å²) in [7, 11) is -3.78. The van der Waals surface area contributed by atoms with Gasteiger partial charge < -0.3 is 4.90 Å². The number of benzene rings is 2. The summed E-state index contributed by atoms with van der Waals surface area (Å²) in [4.78, 5) is 17.1. The first kappa shape index (κ1) is 19.7. The van der Waals surface area contributed by atoms with Crippen LogP contribution in [0.5, 0.6) is 0 Å². The molecule has 1 aliphatic rings. The molecule has 1 saturated heterocycles. The van der Waals surface area contributed by atoms with Crippen molar-refractivity contribution in [1.29, 1.82) is 0 Å². The molecule has 3 aromatic rings. The van der Waals surface area contributed by atoms with Crippen LogP contribution in [0.2, 0.25) is 0 Å². The van der Waals surface area contributed by atoms with Gasteiger partial charge >= 0.3 is 0 Å². The number of fused-ring (bicyclic) bond motifs is 1. The molecule has 0 amide bonds. The van der Waals surface area contributed by atoms with E-state index in [1.807, 2.05) is 18.2 Å². The second-order valence-electron chi connectivity index (χ2n) is 7.00. The van der Waals surface area contributed by atoms with Gasteiger partial charge in [-0.25, -0.2) is 18.1 Å². The van der Waals surface area contributed by atoms with Crippen LogP contribution in [-0.4, -0.2) is 38.0 Å². The van der Waals surface area contributed by atoms with Crippen molar-refractivity contribution in [2.45, 2.75) is 17.7 Å². The summed E-state index contributed by atoms with van der Waals surface area (Å²) < 4.78 is 28.7. The number of hydrogen-bond donors (Lipinski definition) is 1. The van der Waals surface area contributed by atoms with E-state index in [2.05, 4.69) is 20.7 Å². The van der Waals surface area contributed by atoms with Crippen molar-refractivity contribution in [2.24, 2.45) is 5.92 Å². The molecular formula is C19H20N4O4S2. The second-order valence-corrected chi connectivity index (χ2v) is 9.78. The van der Waals surface area contributed by atoms with Gasteiger partial charge in [0.2, 0.25) is 10.0 Å². The molecule has 0 bridgehead atoms. The Bertz CT molecular complexity index is 1100. The first-order chi connectivity index (χ1) is 13.9. The Kier molecular flexibility index (Phi) is 5.48. The molecule has 152 valence electrons. The van der Waals surface area contributed by atoms with E-state index in [0.29, 0.717) is 6.54 Å². The number of nitro groups is 1. The average Bonchev–Trinajstić information content (AvgIpc) is 3.17. The van der Waals surface area contributed by atoms with Gasteiger partial charge in [-0.2, -0.15) is 0 Å². The van der Waals surface area contributed by atoms with Crippen LogP contribution >= 0.6 is 11.3 Å². The highest BCUT2D eigenvalue weighted by molar-refractivity contribution is 7.89. The fourth-order valence-corrected chi connectivity index (χ4v) is 5.57. The number of piperidine rings is 1. The Morgan fingerprint density at radius 3 is 2.66 bits per heavy atom. The number of para-hydroxylation sites is 1. The van der Waals surface area contributed by atoms with Gasteiger partial charge in [-0.3, -0.25) is 10.1 Å². The number of nitrogens with one attached hydrogen (secondary N) is 1. The van der Waals surface area contributed by atoms with Crippen LogP contribution in [-0.2, 0) is 10.0 Å². The molecule has 0 atom stereocenters. The minimum Gasteiger partial charge on any atom is -0.348 e. The van der Waals surface area contributed by atoms with Crippen LogP contribution in [0.1, 0.15) is 12.8 Å². The maximum absolute atomic E-state index is 12.5. The van der Waals surface area contributed by atoms with Gasteiger partial charge in [0.05, 0.1) is 20.0 Å². The molecule has 0 saturated carbocycles. The molecule has 2 aromatic carbocycles. The van der Waals surface area contributed by atoms with E-state index in [1.165, 1.54) is 18.2 Å². The predicted molar refractivity (Wildman–Crippen MR) is 113 cm³/mol. The summed E-state index contributed by atoms with van der Waals surface area (Å²) in [6, 6.07) is 13.1. The van der Waals surface area contributed by atoms with E-state index in [4.69, 9.17) is 0 Å². The third-order valence-electron chi connectivity index (χ3n) is 5.07. The number of hydrogen-bond acceptors (Lipinski definition) is 7. The molecule has 0 radical (unpaired) electrons. The molecule has 0 spiro atoms. The van der Waals surface area contributed by atoms with Crippen LogP contribution in [0.3, 0.4) is 0 Å². The van der Waals surface area contributed by atoms with Crippen molar-refractivity contribution in [3.8, 4) is 0 Å². The lowest BCUT2D eigenvalue weighted by molar-refractivity contribution is -0.385. The molecule has 1 aliphatic heterocycles. The number of aromatic nitrogens is 1. The molecule has 0 aliphatic carbocycles. The highest BCUT2D eigenvalue weighted by Gasteiger charge is 2.24. The normalized spacial score (nSPS) is 15.7. The largest absolute Gasteiger partial charge is 0.348 e. The number of anilines is 1. The molecule has 2 heterocycles. The van der Waals surface area contributed by atoms with Gasteiger partial charge in [0, 0.05) is 31.8 Å². The highest BCUT2D eigenvalue weighted by atomic mass is 32.2. The van der Waals surface area contributed by atoms with Gasteiger partial charge in [-0.1, -0.05) is 29.5 Å². The molecule has 8 nitrogen and oxygen atoms in total. The Morgan fingerprint density at radius 2 is 1.93 bits per heavy atom. The van der Waals surface area contributed by atoms with Gasteiger partial charge in [0.15, 0.2) is 5.13 Å². The minimum atomic E-state index is -3.78. The maximum Gasteiger partial charge on any atom is 0.270 e. The quantitative estimate of drug-likeness (QED) is 0.473. The van der Waals surface area contributed by atoms with Crippen molar-refractivity contribution in [1.82, 2.24) is 9.71 Å². The third kappa shape index (κ3) is 4.39. The van der Waals surface area contributed by atoms with Crippen LogP contribution in [0.15, 0.2) is 53.4 Å². The van der Waals surface area contributed by atoms with Gasteiger partial charge in [0.1, 0.15) is 0 Å². The molecule has 1 N–H and O–H groups in total. The zero-order valence-corrected chi connectivity index (χ0v) is 17.2. The van der Waals surface area contributed by atoms with Crippen LogP contribution in [0.4, 0.5) is 10.8 Å². The van der Waals surface area contributed by atoms with Crippen LogP contribution in [0.25, 0.3) is 10.2 Å². The number of rotatable bonds is 6. The average molecular weight is 433 g/mol. The van der Waals surface area contributed by atoms with E-state index in [-0.39, 0.29) is 16.5 Å². The van der Waals surface area contributed by atoms with Crippen molar-refractivity contribution < 1.29 is 13.3 Å². The Morgan fingerprint density at radius 1 is 1.17 bits per heavy atom. The number of sulfonamides is 1. The van der Waals surface area contributed by atoms with E-state index in [0.717, 1.165) is 47.3 Å². The number of nitro benzene ring substituents is 1. The second kappa shape index (κ2) is 8.05. The standard InChI is InChI=1S/C19H20N4O4S2/c24-23(25)15-4-3-5-16(12-15)29(26,27)20-13-14-8-10-22(11-9-14)19-21-17-6-1-2-7-18(17)28-19/h1-7,12,14,20H,8-11,13H2. The fraction of sp³-hybridized carbons (Fsp3) is 0.316. The molecular weight excluding hydrogens is 412 g/mol. The number of thiazole rings is 1. The van der Waals surface area contributed by atoms with E-state index < -0.39 is 14.9 Å². The first-order valence-corrected chi connectivity index (χ1v) is 11.6. The Balaban J connectivity index is 1.35. The van der Waals surface area contributed by atoms with Crippen LogP contribution < -0.4 is 9.62 Å². The zero-order chi connectivity index (χ0) is 20.4. The summed E-state index contributed by atoms with van der Waals surface area (Å²) in [6.07, 6.45) is 1.71. The SMILES string of the molecule is O=[N+]([O-])c1cccc(S(=O)(=O)NCC2CCN(c3nc4ccccc4s3)CC2)c1.